The molecule has 0 saturated heterocycles. The number of halogens is 1. The van der Waals surface area contributed by atoms with Crippen molar-refractivity contribution in [3.63, 3.8) is 0 Å². The lowest BCUT2D eigenvalue weighted by Gasteiger charge is -2.16. The molecule has 3 rings (SSSR count). The molecule has 23 heavy (non-hydrogen) atoms. The Morgan fingerprint density at radius 2 is 1.96 bits per heavy atom. The Morgan fingerprint density at radius 1 is 1.30 bits per heavy atom. The first kappa shape index (κ1) is 16.1. The number of carboxylic acid groups (broad SMARTS) is 1. The first-order chi connectivity index (χ1) is 10.8. The van der Waals surface area contributed by atoms with Crippen molar-refractivity contribution in [2.24, 2.45) is 0 Å². The number of hydrogen-bond acceptors (Lipinski definition) is 4. The van der Waals surface area contributed by atoms with E-state index in [2.05, 4.69) is 4.72 Å². The van der Waals surface area contributed by atoms with Crippen molar-refractivity contribution in [2.75, 3.05) is 6.54 Å². The van der Waals surface area contributed by atoms with Gasteiger partial charge in [0.2, 0.25) is 10.0 Å². The summed E-state index contributed by atoms with van der Waals surface area (Å²) < 4.78 is 40.1. The normalized spacial score (nSPS) is 16.2. The highest BCUT2D eigenvalue weighted by molar-refractivity contribution is 7.89. The quantitative estimate of drug-likeness (QED) is 0.834. The largest absolute Gasteiger partial charge is 0.477 e. The maximum atomic E-state index is 13.0. The minimum absolute atomic E-state index is 0.0231. The minimum Gasteiger partial charge on any atom is -0.477 e. The third-order valence-corrected chi connectivity index (χ3v) is 6.46. The predicted octanol–water partition coefficient (Wildman–Crippen LogP) is 2.60. The molecule has 5 nitrogen and oxygen atoms in total. The van der Waals surface area contributed by atoms with E-state index in [1.54, 1.807) is 12.1 Å². The number of nitrogens with one attached hydrogen (secondary N) is 1. The molecule has 0 bridgehead atoms. The van der Waals surface area contributed by atoms with Crippen LogP contribution >= 0.6 is 11.3 Å². The zero-order chi connectivity index (χ0) is 16.7. The van der Waals surface area contributed by atoms with Crippen LogP contribution in [0.1, 0.15) is 28.1 Å². The molecule has 1 saturated carbocycles. The Kier molecular flexibility index (Phi) is 3.99. The van der Waals surface area contributed by atoms with Crippen LogP contribution in [-0.4, -0.2) is 26.0 Å². The minimum atomic E-state index is -3.76. The van der Waals surface area contributed by atoms with Crippen LogP contribution in [0.3, 0.4) is 0 Å². The van der Waals surface area contributed by atoms with E-state index in [1.165, 1.54) is 17.5 Å². The molecule has 0 spiro atoms. The molecule has 0 atom stereocenters. The topological polar surface area (TPSA) is 83.5 Å². The van der Waals surface area contributed by atoms with Crippen LogP contribution in [0.5, 0.6) is 0 Å². The maximum Gasteiger partial charge on any atom is 0.345 e. The molecule has 1 aliphatic carbocycles. The van der Waals surface area contributed by atoms with Crippen molar-refractivity contribution >= 4 is 27.3 Å². The summed E-state index contributed by atoms with van der Waals surface area (Å²) in [5, 5.41) is 10.2. The van der Waals surface area contributed by atoms with E-state index in [9.17, 15) is 17.6 Å². The number of rotatable bonds is 6. The van der Waals surface area contributed by atoms with Gasteiger partial charge in [-0.1, -0.05) is 12.1 Å². The van der Waals surface area contributed by atoms with Gasteiger partial charge in [0.05, 0.1) is 4.90 Å². The Balaban J connectivity index is 1.74. The molecule has 0 aliphatic heterocycles. The van der Waals surface area contributed by atoms with Crippen LogP contribution in [0.25, 0.3) is 0 Å². The number of thiophene rings is 1. The first-order valence-corrected chi connectivity index (χ1v) is 9.26. The van der Waals surface area contributed by atoms with Crippen molar-refractivity contribution < 1.29 is 22.7 Å². The fourth-order valence-electron chi connectivity index (χ4n) is 2.41. The van der Waals surface area contributed by atoms with Crippen molar-refractivity contribution in [2.45, 2.75) is 23.2 Å². The monoisotopic (exact) mass is 355 g/mol. The second-order valence-electron chi connectivity index (χ2n) is 5.56. The molecular formula is C15H14FNO4S2. The highest BCUT2D eigenvalue weighted by Crippen LogP contribution is 2.47. The zero-order valence-corrected chi connectivity index (χ0v) is 13.6. The fraction of sp³-hybridized carbons (Fsp3) is 0.267. The van der Waals surface area contributed by atoms with Crippen LogP contribution < -0.4 is 4.72 Å². The van der Waals surface area contributed by atoms with Crippen molar-refractivity contribution in [1.82, 2.24) is 4.72 Å². The van der Waals surface area contributed by atoms with Gasteiger partial charge in [-0.3, -0.25) is 0 Å². The molecule has 1 heterocycles. The van der Waals surface area contributed by atoms with E-state index in [0.29, 0.717) is 0 Å². The molecule has 1 aromatic heterocycles. The van der Waals surface area contributed by atoms with Gasteiger partial charge in [-0.05, 0) is 36.6 Å². The molecule has 0 amide bonds. The number of aromatic carboxylic acids is 1. The van der Waals surface area contributed by atoms with Crippen molar-refractivity contribution in [3.8, 4) is 0 Å². The van der Waals surface area contributed by atoms with Gasteiger partial charge >= 0.3 is 5.97 Å². The number of carbonyl (C=O) groups is 1. The number of sulfonamides is 1. The van der Waals surface area contributed by atoms with E-state index in [4.69, 9.17) is 5.11 Å². The molecule has 2 N–H and O–H groups in total. The summed E-state index contributed by atoms with van der Waals surface area (Å²) in [6.07, 6.45) is 1.65. The highest BCUT2D eigenvalue weighted by Gasteiger charge is 2.44. The molecule has 1 aliphatic rings. The van der Waals surface area contributed by atoms with Crippen LogP contribution in [0.4, 0.5) is 4.39 Å². The summed E-state index contributed by atoms with van der Waals surface area (Å²) in [4.78, 5) is 10.8. The molecule has 0 radical (unpaired) electrons. The summed E-state index contributed by atoms with van der Waals surface area (Å²) in [5.74, 6) is -1.48. The fourth-order valence-corrected chi connectivity index (χ4v) is 4.65. The molecule has 8 heteroatoms. The van der Waals surface area contributed by atoms with Gasteiger partial charge in [-0.2, -0.15) is 0 Å². The van der Waals surface area contributed by atoms with Gasteiger partial charge in [0.25, 0.3) is 0 Å². The second-order valence-corrected chi connectivity index (χ2v) is 8.24. The Labute approximate surface area is 136 Å². The van der Waals surface area contributed by atoms with Gasteiger partial charge in [0.15, 0.2) is 0 Å². The smallest absolute Gasteiger partial charge is 0.345 e. The molecule has 0 unspecified atom stereocenters. The van der Waals surface area contributed by atoms with E-state index >= 15 is 0 Å². The molecule has 1 aromatic carbocycles. The summed E-state index contributed by atoms with van der Waals surface area (Å²) >= 11 is 0.871. The van der Waals surface area contributed by atoms with E-state index in [0.717, 1.165) is 35.8 Å². The Hall–Kier alpha value is -1.77. The summed E-state index contributed by atoms with van der Waals surface area (Å²) in [6, 6.07) is 7.21. The molecule has 1 fully saturated rings. The number of benzene rings is 1. The third kappa shape index (κ3) is 3.29. The Bertz CT molecular complexity index is 839. The maximum absolute atomic E-state index is 13.0. The molecule has 2 aromatic rings. The van der Waals surface area contributed by atoms with Gasteiger partial charge in [-0.25, -0.2) is 22.3 Å². The second kappa shape index (κ2) is 5.70. The van der Waals surface area contributed by atoms with Gasteiger partial charge in [0.1, 0.15) is 10.7 Å². The number of hydrogen-bond donors (Lipinski definition) is 2. The highest BCUT2D eigenvalue weighted by atomic mass is 32.2. The van der Waals surface area contributed by atoms with E-state index < -0.39 is 16.0 Å². The van der Waals surface area contributed by atoms with Gasteiger partial charge in [-0.15, -0.1) is 11.3 Å². The van der Waals surface area contributed by atoms with Crippen LogP contribution in [0.2, 0.25) is 0 Å². The SMILES string of the molecule is O=C(O)c1cc(S(=O)(=O)NCC2(c3ccc(F)cc3)CC2)cs1. The van der Waals surface area contributed by atoms with Crippen LogP contribution in [-0.2, 0) is 15.4 Å². The average Bonchev–Trinajstić information content (AvgIpc) is 3.11. The Morgan fingerprint density at radius 3 is 2.48 bits per heavy atom. The van der Waals surface area contributed by atoms with Crippen molar-refractivity contribution in [1.29, 1.82) is 0 Å². The zero-order valence-electron chi connectivity index (χ0n) is 12.0. The first-order valence-electron chi connectivity index (χ1n) is 6.90. The molecular weight excluding hydrogens is 341 g/mol. The van der Waals surface area contributed by atoms with Crippen LogP contribution in [0.15, 0.2) is 40.6 Å². The van der Waals surface area contributed by atoms with Gasteiger partial charge < -0.3 is 5.11 Å². The van der Waals surface area contributed by atoms with Gasteiger partial charge in [0, 0.05) is 17.3 Å². The summed E-state index contributed by atoms with van der Waals surface area (Å²) in [7, 11) is -3.76. The van der Waals surface area contributed by atoms with E-state index in [-0.39, 0.29) is 27.5 Å². The number of carboxylic acids is 1. The standard InChI is InChI=1S/C15H14FNO4S2/c16-11-3-1-10(2-4-11)15(5-6-15)9-17-23(20,21)12-7-13(14(18)19)22-8-12/h1-4,7-8,17H,5-6,9H2,(H,18,19). The lowest BCUT2D eigenvalue weighted by atomic mass is 9.96. The lowest BCUT2D eigenvalue weighted by molar-refractivity contribution is 0.0702. The van der Waals surface area contributed by atoms with Crippen molar-refractivity contribution in [3.05, 3.63) is 52.0 Å². The molecule has 122 valence electrons. The summed E-state index contributed by atoms with van der Waals surface area (Å²) in [5.41, 5.74) is 0.602. The van der Waals surface area contributed by atoms with E-state index in [1.807, 2.05) is 0 Å². The average molecular weight is 355 g/mol. The third-order valence-electron chi connectivity index (χ3n) is 4.01. The summed E-state index contributed by atoms with van der Waals surface area (Å²) in [6.45, 7) is 0.208. The lowest BCUT2D eigenvalue weighted by Crippen LogP contribution is -2.32. The predicted molar refractivity (Wildman–Crippen MR) is 83.8 cm³/mol. The van der Waals surface area contributed by atoms with Crippen LogP contribution in [0, 0.1) is 5.82 Å².